The number of fused-ring (bicyclic) bond motifs is 1. The number of rotatable bonds is 4. The van der Waals surface area contributed by atoms with Gasteiger partial charge in [0.25, 0.3) is 0 Å². The second-order valence-corrected chi connectivity index (χ2v) is 5.45. The summed E-state index contributed by atoms with van der Waals surface area (Å²) >= 11 is 1.76. The van der Waals surface area contributed by atoms with Crippen LogP contribution in [-0.2, 0) is 6.42 Å². The summed E-state index contributed by atoms with van der Waals surface area (Å²) in [5.74, 6) is 5.75. The van der Waals surface area contributed by atoms with Gasteiger partial charge in [-0.1, -0.05) is 24.3 Å². The van der Waals surface area contributed by atoms with Crippen LogP contribution in [-0.4, -0.2) is 4.98 Å². The molecule has 0 bridgehead atoms. The van der Waals surface area contributed by atoms with Gasteiger partial charge in [0.05, 0.1) is 11.6 Å². The smallest absolute Gasteiger partial charge is 0.0705 e. The highest BCUT2D eigenvalue weighted by molar-refractivity contribution is 7.09. The van der Waals surface area contributed by atoms with E-state index in [9.17, 15) is 0 Å². The quantitative estimate of drug-likeness (QED) is 0.565. The minimum absolute atomic E-state index is 0.103. The Kier molecular flexibility index (Phi) is 3.55. The fourth-order valence-corrected chi connectivity index (χ4v) is 3.06. The molecular formula is C15H15N3S. The lowest BCUT2D eigenvalue weighted by Crippen LogP contribution is -2.29. The van der Waals surface area contributed by atoms with E-state index in [1.165, 1.54) is 10.4 Å². The van der Waals surface area contributed by atoms with Crippen molar-refractivity contribution in [2.45, 2.75) is 12.5 Å². The fraction of sp³-hybridized carbons (Fsp3) is 0.133. The van der Waals surface area contributed by atoms with E-state index in [1.807, 2.05) is 30.5 Å². The van der Waals surface area contributed by atoms with Gasteiger partial charge in [0.2, 0.25) is 0 Å². The molecule has 3 N–H and O–H groups in total. The van der Waals surface area contributed by atoms with Crippen LogP contribution in [0.5, 0.6) is 0 Å². The third-order valence-corrected chi connectivity index (χ3v) is 4.14. The molecule has 0 aliphatic carbocycles. The van der Waals surface area contributed by atoms with Crippen molar-refractivity contribution in [3.05, 3.63) is 64.5 Å². The third-order valence-electron chi connectivity index (χ3n) is 3.24. The highest BCUT2D eigenvalue weighted by atomic mass is 32.1. The molecule has 3 nitrogen and oxygen atoms in total. The second kappa shape index (κ2) is 5.48. The summed E-state index contributed by atoms with van der Waals surface area (Å²) < 4.78 is 0. The Morgan fingerprint density at radius 2 is 2.05 bits per heavy atom. The molecule has 0 aliphatic heterocycles. The fourth-order valence-electron chi connectivity index (χ4n) is 2.31. The molecule has 0 saturated carbocycles. The zero-order chi connectivity index (χ0) is 13.1. The first-order valence-electron chi connectivity index (χ1n) is 6.20. The summed E-state index contributed by atoms with van der Waals surface area (Å²) in [6.07, 6.45) is 2.73. The maximum absolute atomic E-state index is 5.75. The van der Waals surface area contributed by atoms with Crippen molar-refractivity contribution < 1.29 is 0 Å². The number of para-hydroxylation sites is 1. The van der Waals surface area contributed by atoms with Crippen LogP contribution in [0.3, 0.4) is 0 Å². The summed E-state index contributed by atoms with van der Waals surface area (Å²) in [5.41, 5.74) is 5.13. The molecule has 0 amide bonds. The molecule has 19 heavy (non-hydrogen) atoms. The molecule has 1 aromatic carbocycles. The summed E-state index contributed by atoms with van der Waals surface area (Å²) in [7, 11) is 0. The van der Waals surface area contributed by atoms with Crippen molar-refractivity contribution >= 4 is 22.2 Å². The molecule has 2 heterocycles. The van der Waals surface area contributed by atoms with Crippen molar-refractivity contribution in [3.8, 4) is 0 Å². The molecule has 3 rings (SSSR count). The summed E-state index contributed by atoms with van der Waals surface area (Å²) in [6.45, 7) is 0. The van der Waals surface area contributed by atoms with Gasteiger partial charge in [-0.05, 0) is 29.1 Å². The van der Waals surface area contributed by atoms with Crippen molar-refractivity contribution in [1.82, 2.24) is 10.4 Å². The largest absolute Gasteiger partial charge is 0.271 e. The highest BCUT2D eigenvalue weighted by Crippen LogP contribution is 2.26. The lowest BCUT2D eigenvalue weighted by Gasteiger charge is -2.17. The van der Waals surface area contributed by atoms with E-state index in [0.29, 0.717) is 0 Å². The molecule has 0 aliphatic rings. The molecule has 3 aromatic rings. The van der Waals surface area contributed by atoms with Gasteiger partial charge in [-0.25, -0.2) is 0 Å². The lowest BCUT2D eigenvalue weighted by atomic mass is 9.99. The number of nitrogens with two attached hydrogens (primary N) is 1. The first-order valence-corrected chi connectivity index (χ1v) is 7.08. The summed E-state index contributed by atoms with van der Waals surface area (Å²) in [5, 5.41) is 3.25. The Balaban J connectivity index is 2.01. The number of benzene rings is 1. The lowest BCUT2D eigenvalue weighted by molar-refractivity contribution is 0.559. The molecule has 0 fully saturated rings. The number of thiophene rings is 1. The molecule has 0 radical (unpaired) electrons. The molecule has 0 spiro atoms. The monoisotopic (exact) mass is 269 g/mol. The maximum atomic E-state index is 5.75. The number of hydrogen-bond acceptors (Lipinski definition) is 4. The van der Waals surface area contributed by atoms with Gasteiger partial charge in [0, 0.05) is 22.9 Å². The van der Waals surface area contributed by atoms with Gasteiger partial charge >= 0.3 is 0 Å². The van der Waals surface area contributed by atoms with Crippen molar-refractivity contribution in [2.75, 3.05) is 0 Å². The van der Waals surface area contributed by atoms with E-state index in [4.69, 9.17) is 5.84 Å². The zero-order valence-electron chi connectivity index (χ0n) is 10.4. The number of pyridine rings is 1. The molecule has 1 unspecified atom stereocenters. The predicted molar refractivity (Wildman–Crippen MR) is 79.8 cm³/mol. The van der Waals surface area contributed by atoms with Crippen LogP contribution >= 0.6 is 11.3 Å². The number of hydrazine groups is 1. The van der Waals surface area contributed by atoms with Crippen LogP contribution in [0.1, 0.15) is 16.5 Å². The minimum Gasteiger partial charge on any atom is -0.271 e. The average Bonchev–Trinajstić information content (AvgIpc) is 2.97. The van der Waals surface area contributed by atoms with Gasteiger partial charge in [-0.2, -0.15) is 0 Å². The van der Waals surface area contributed by atoms with E-state index in [1.54, 1.807) is 11.3 Å². The first kappa shape index (κ1) is 12.3. The van der Waals surface area contributed by atoms with E-state index in [0.717, 1.165) is 17.3 Å². The van der Waals surface area contributed by atoms with Gasteiger partial charge < -0.3 is 0 Å². The molecular weight excluding hydrogens is 254 g/mol. The molecule has 96 valence electrons. The average molecular weight is 269 g/mol. The van der Waals surface area contributed by atoms with Crippen LogP contribution in [0, 0.1) is 0 Å². The van der Waals surface area contributed by atoms with Gasteiger partial charge in [-0.15, -0.1) is 11.3 Å². The van der Waals surface area contributed by atoms with Crippen molar-refractivity contribution in [2.24, 2.45) is 5.84 Å². The zero-order valence-corrected chi connectivity index (χ0v) is 11.2. The van der Waals surface area contributed by atoms with E-state index in [-0.39, 0.29) is 6.04 Å². The van der Waals surface area contributed by atoms with Crippen LogP contribution in [0.2, 0.25) is 0 Å². The Bertz CT molecular complexity index is 659. The predicted octanol–water partition coefficient (Wildman–Crippen LogP) is 3.04. The number of nitrogens with one attached hydrogen (secondary N) is 1. The first-order chi connectivity index (χ1) is 9.38. The SMILES string of the molecule is NNC(Cc1cccs1)c1ccnc2ccccc12. The maximum Gasteiger partial charge on any atom is 0.0705 e. The summed E-state index contributed by atoms with van der Waals surface area (Å²) in [4.78, 5) is 5.71. The summed E-state index contributed by atoms with van der Waals surface area (Å²) in [6, 6.07) is 14.5. The molecule has 2 aromatic heterocycles. The van der Waals surface area contributed by atoms with Gasteiger partial charge in [0.15, 0.2) is 0 Å². The van der Waals surface area contributed by atoms with E-state index >= 15 is 0 Å². The van der Waals surface area contributed by atoms with Crippen LogP contribution in [0.15, 0.2) is 54.0 Å². The topological polar surface area (TPSA) is 50.9 Å². The molecule has 1 atom stereocenters. The molecule has 0 saturated heterocycles. The highest BCUT2D eigenvalue weighted by Gasteiger charge is 2.14. The molecule has 4 heteroatoms. The Labute approximate surface area is 116 Å². The van der Waals surface area contributed by atoms with Gasteiger partial charge in [-0.3, -0.25) is 16.3 Å². The second-order valence-electron chi connectivity index (χ2n) is 4.42. The third kappa shape index (κ3) is 2.51. The van der Waals surface area contributed by atoms with Crippen molar-refractivity contribution in [3.63, 3.8) is 0 Å². The number of nitrogens with zero attached hydrogens (tertiary/aromatic N) is 1. The van der Waals surface area contributed by atoms with Crippen molar-refractivity contribution in [1.29, 1.82) is 0 Å². The number of hydrogen-bond donors (Lipinski definition) is 2. The van der Waals surface area contributed by atoms with E-state index < -0.39 is 0 Å². The van der Waals surface area contributed by atoms with Crippen LogP contribution in [0.25, 0.3) is 10.9 Å². The van der Waals surface area contributed by atoms with Crippen LogP contribution < -0.4 is 11.3 Å². The van der Waals surface area contributed by atoms with Gasteiger partial charge in [0.1, 0.15) is 0 Å². The van der Waals surface area contributed by atoms with E-state index in [2.05, 4.69) is 34.0 Å². The number of aromatic nitrogens is 1. The van der Waals surface area contributed by atoms with Crippen LogP contribution in [0.4, 0.5) is 0 Å². The minimum atomic E-state index is 0.103. The Morgan fingerprint density at radius 1 is 1.16 bits per heavy atom. The normalized spacial score (nSPS) is 12.7. The Morgan fingerprint density at radius 3 is 2.84 bits per heavy atom. The Hall–Kier alpha value is -1.75. The standard InChI is InChI=1S/C15H15N3S/c16-18-15(10-11-4-3-9-19-11)13-7-8-17-14-6-2-1-5-12(13)14/h1-9,15,18H,10,16H2.